The van der Waals surface area contributed by atoms with Gasteiger partial charge in [0, 0.05) is 12.5 Å². The molecule has 1 aliphatic heterocycles. The van der Waals surface area contributed by atoms with Crippen molar-refractivity contribution >= 4 is 11.0 Å². The van der Waals surface area contributed by atoms with Crippen LogP contribution in [0.1, 0.15) is 25.1 Å². The van der Waals surface area contributed by atoms with Gasteiger partial charge in [-0.05, 0) is 31.0 Å². The van der Waals surface area contributed by atoms with E-state index in [4.69, 9.17) is 0 Å². The molecule has 0 aliphatic carbocycles. The molecule has 0 amide bonds. The number of benzene rings is 1. The van der Waals surface area contributed by atoms with Crippen LogP contribution in [0.3, 0.4) is 0 Å². The molecule has 16 heavy (non-hydrogen) atoms. The van der Waals surface area contributed by atoms with Crippen molar-refractivity contribution in [1.82, 2.24) is 15.3 Å². The van der Waals surface area contributed by atoms with Gasteiger partial charge in [-0.2, -0.15) is 0 Å². The second kappa shape index (κ2) is 3.91. The first-order valence-electron chi connectivity index (χ1n) is 5.98. The van der Waals surface area contributed by atoms with Crippen LogP contribution in [0.15, 0.2) is 24.3 Å². The summed E-state index contributed by atoms with van der Waals surface area (Å²) < 4.78 is 0. The summed E-state index contributed by atoms with van der Waals surface area (Å²) in [4.78, 5) is 8.11. The zero-order valence-electron chi connectivity index (χ0n) is 9.53. The normalized spacial score (nSPS) is 26.1. The van der Waals surface area contributed by atoms with Gasteiger partial charge in [-0.1, -0.05) is 19.1 Å². The lowest BCUT2D eigenvalue weighted by Gasteiger charge is -2.26. The second-order valence-electron chi connectivity index (χ2n) is 4.84. The Morgan fingerprint density at radius 1 is 1.25 bits per heavy atom. The van der Waals surface area contributed by atoms with Gasteiger partial charge < -0.3 is 10.3 Å². The molecule has 3 rings (SSSR count). The molecule has 84 valence electrons. The largest absolute Gasteiger partial charge is 0.342 e. The Kier molecular flexibility index (Phi) is 2.40. The van der Waals surface area contributed by atoms with Gasteiger partial charge >= 0.3 is 0 Å². The van der Waals surface area contributed by atoms with E-state index >= 15 is 0 Å². The van der Waals surface area contributed by atoms with E-state index in [9.17, 15) is 0 Å². The van der Waals surface area contributed by atoms with Gasteiger partial charge in [-0.15, -0.1) is 0 Å². The monoisotopic (exact) mass is 215 g/mol. The molecule has 0 bridgehead atoms. The summed E-state index contributed by atoms with van der Waals surface area (Å²) in [5, 5.41) is 3.47. The number of fused-ring (bicyclic) bond motifs is 1. The number of hydrogen-bond acceptors (Lipinski definition) is 2. The molecular weight excluding hydrogens is 198 g/mol. The van der Waals surface area contributed by atoms with Crippen LogP contribution in [0.4, 0.5) is 0 Å². The van der Waals surface area contributed by atoms with Crippen molar-refractivity contribution in [2.24, 2.45) is 5.92 Å². The zero-order chi connectivity index (χ0) is 11.0. The predicted octanol–water partition coefficient (Wildman–Crippen LogP) is 2.28. The van der Waals surface area contributed by atoms with Crippen molar-refractivity contribution in [2.45, 2.75) is 19.3 Å². The summed E-state index contributed by atoms with van der Waals surface area (Å²) in [6.07, 6.45) is 1.23. The van der Waals surface area contributed by atoms with Gasteiger partial charge in [0.15, 0.2) is 0 Å². The molecular formula is C13H17N3. The lowest BCUT2D eigenvalue weighted by atomic mass is 9.91. The number of aromatic amines is 1. The fourth-order valence-electron chi connectivity index (χ4n) is 2.53. The van der Waals surface area contributed by atoms with Crippen LogP contribution in [0, 0.1) is 5.92 Å². The Bertz CT molecular complexity index is 456. The fraction of sp³-hybridized carbons (Fsp3) is 0.462. The van der Waals surface area contributed by atoms with Crippen molar-refractivity contribution in [2.75, 3.05) is 13.1 Å². The van der Waals surface area contributed by atoms with Gasteiger partial charge in [0.25, 0.3) is 0 Å². The van der Waals surface area contributed by atoms with E-state index in [2.05, 4.69) is 34.3 Å². The molecule has 2 unspecified atom stereocenters. The van der Waals surface area contributed by atoms with Crippen LogP contribution < -0.4 is 5.32 Å². The molecule has 2 heterocycles. The molecule has 2 atom stereocenters. The highest BCUT2D eigenvalue weighted by atomic mass is 15.0. The first-order valence-corrected chi connectivity index (χ1v) is 5.98. The Balaban J connectivity index is 1.93. The molecule has 1 fully saturated rings. The minimum atomic E-state index is 0.538. The Morgan fingerprint density at radius 2 is 2.12 bits per heavy atom. The van der Waals surface area contributed by atoms with Crippen LogP contribution in [-0.4, -0.2) is 23.1 Å². The minimum Gasteiger partial charge on any atom is -0.342 e. The molecule has 0 radical (unpaired) electrons. The van der Waals surface area contributed by atoms with E-state index < -0.39 is 0 Å². The highest BCUT2D eigenvalue weighted by molar-refractivity contribution is 5.74. The van der Waals surface area contributed by atoms with Gasteiger partial charge in [0.05, 0.1) is 11.0 Å². The summed E-state index contributed by atoms with van der Waals surface area (Å²) >= 11 is 0. The number of para-hydroxylation sites is 2. The van der Waals surface area contributed by atoms with Crippen LogP contribution in [0.5, 0.6) is 0 Å². The van der Waals surface area contributed by atoms with E-state index in [0.29, 0.717) is 5.92 Å². The molecule has 1 saturated heterocycles. The van der Waals surface area contributed by atoms with Crippen LogP contribution >= 0.6 is 0 Å². The quantitative estimate of drug-likeness (QED) is 0.766. The first-order chi connectivity index (χ1) is 7.83. The Labute approximate surface area is 95.3 Å². The van der Waals surface area contributed by atoms with Crippen molar-refractivity contribution in [1.29, 1.82) is 0 Å². The highest BCUT2D eigenvalue weighted by Crippen LogP contribution is 2.25. The third-order valence-electron chi connectivity index (χ3n) is 3.36. The maximum absolute atomic E-state index is 4.68. The molecule has 1 aliphatic rings. The number of nitrogens with zero attached hydrogens (tertiary/aromatic N) is 1. The number of imidazole rings is 1. The van der Waals surface area contributed by atoms with E-state index in [-0.39, 0.29) is 0 Å². The van der Waals surface area contributed by atoms with Crippen molar-refractivity contribution in [3.63, 3.8) is 0 Å². The van der Waals surface area contributed by atoms with Crippen LogP contribution in [0.2, 0.25) is 0 Å². The maximum atomic E-state index is 4.68. The minimum absolute atomic E-state index is 0.538. The van der Waals surface area contributed by atoms with Gasteiger partial charge in [0.2, 0.25) is 0 Å². The number of H-pyrrole nitrogens is 1. The molecule has 0 spiro atoms. The average Bonchev–Trinajstić information content (AvgIpc) is 2.72. The summed E-state index contributed by atoms with van der Waals surface area (Å²) in [7, 11) is 0. The van der Waals surface area contributed by atoms with Crippen LogP contribution in [0.25, 0.3) is 11.0 Å². The number of nitrogens with one attached hydrogen (secondary N) is 2. The smallest absolute Gasteiger partial charge is 0.111 e. The lowest BCUT2D eigenvalue weighted by Crippen LogP contribution is -2.34. The van der Waals surface area contributed by atoms with E-state index in [1.165, 1.54) is 6.42 Å². The second-order valence-corrected chi connectivity index (χ2v) is 4.84. The summed E-state index contributed by atoms with van der Waals surface area (Å²) in [6, 6.07) is 8.24. The van der Waals surface area contributed by atoms with E-state index in [1.54, 1.807) is 0 Å². The summed E-state index contributed by atoms with van der Waals surface area (Å²) in [5.41, 5.74) is 2.23. The molecule has 3 heteroatoms. The zero-order valence-corrected chi connectivity index (χ0v) is 9.53. The maximum Gasteiger partial charge on any atom is 0.111 e. The molecule has 1 aromatic heterocycles. The van der Waals surface area contributed by atoms with Crippen molar-refractivity contribution in [3.8, 4) is 0 Å². The van der Waals surface area contributed by atoms with Gasteiger partial charge in [-0.3, -0.25) is 0 Å². The van der Waals surface area contributed by atoms with Crippen molar-refractivity contribution in [3.05, 3.63) is 30.1 Å². The molecule has 0 saturated carbocycles. The standard InChI is InChI=1S/C13H17N3/c1-9-6-10(8-14-7-9)13-15-11-4-2-3-5-12(11)16-13/h2-5,9-10,14H,6-8H2,1H3,(H,15,16). The summed E-state index contributed by atoms with van der Waals surface area (Å²) in [6.45, 7) is 4.47. The molecule has 2 aromatic rings. The fourth-order valence-corrected chi connectivity index (χ4v) is 2.53. The highest BCUT2D eigenvalue weighted by Gasteiger charge is 2.22. The lowest BCUT2D eigenvalue weighted by molar-refractivity contribution is 0.356. The first kappa shape index (κ1) is 9.85. The van der Waals surface area contributed by atoms with Crippen molar-refractivity contribution < 1.29 is 0 Å². The molecule has 2 N–H and O–H groups in total. The van der Waals surface area contributed by atoms with Gasteiger partial charge in [-0.25, -0.2) is 4.98 Å². The Morgan fingerprint density at radius 3 is 2.94 bits per heavy atom. The topological polar surface area (TPSA) is 40.7 Å². The molecule has 1 aromatic carbocycles. The number of piperidine rings is 1. The molecule has 3 nitrogen and oxygen atoms in total. The summed E-state index contributed by atoms with van der Waals surface area (Å²) in [5.74, 6) is 2.42. The average molecular weight is 215 g/mol. The number of hydrogen-bond donors (Lipinski definition) is 2. The van der Waals surface area contributed by atoms with E-state index in [0.717, 1.165) is 35.9 Å². The predicted molar refractivity (Wildman–Crippen MR) is 65.5 cm³/mol. The SMILES string of the molecule is CC1CNCC(c2nc3ccccc3[nH]2)C1. The third-order valence-corrected chi connectivity index (χ3v) is 3.36. The Hall–Kier alpha value is -1.35. The van der Waals surface area contributed by atoms with Gasteiger partial charge in [0.1, 0.15) is 5.82 Å². The van der Waals surface area contributed by atoms with Crippen LogP contribution in [-0.2, 0) is 0 Å². The third kappa shape index (κ3) is 1.71. The number of rotatable bonds is 1. The van der Waals surface area contributed by atoms with E-state index in [1.807, 2.05) is 12.1 Å². The number of aromatic nitrogens is 2.